The number of ether oxygens (including phenoxy) is 2. The van der Waals surface area contributed by atoms with E-state index in [0.717, 1.165) is 40.3 Å². The van der Waals surface area contributed by atoms with Crippen LogP contribution in [0.2, 0.25) is 5.15 Å². The molecule has 0 aliphatic heterocycles. The summed E-state index contributed by atoms with van der Waals surface area (Å²) >= 11 is 6.50. The zero-order chi connectivity index (χ0) is 31.8. The number of pyridine rings is 1. The molecule has 0 bridgehead atoms. The molecular formula is C33H39ClN6O4. The molecule has 232 valence electrons. The number of benzene rings is 1. The van der Waals surface area contributed by atoms with E-state index in [-0.39, 0.29) is 11.1 Å². The molecule has 0 amide bonds. The summed E-state index contributed by atoms with van der Waals surface area (Å²) in [5, 5.41) is 13.4. The number of hydrogen-bond acceptors (Lipinski definition) is 8. The molecular weight excluding hydrogens is 580 g/mol. The summed E-state index contributed by atoms with van der Waals surface area (Å²) in [6.45, 7) is 9.39. The third kappa shape index (κ3) is 8.18. The Morgan fingerprint density at radius 1 is 1.20 bits per heavy atom. The summed E-state index contributed by atoms with van der Waals surface area (Å²) in [6, 6.07) is 7.10. The molecule has 0 saturated heterocycles. The molecule has 3 heterocycles. The van der Waals surface area contributed by atoms with Crippen molar-refractivity contribution < 1.29 is 19.4 Å². The van der Waals surface area contributed by atoms with Gasteiger partial charge in [0.05, 0.1) is 36.9 Å². The number of nitrogens with zero attached hydrogens (tertiary/aromatic N) is 4. The summed E-state index contributed by atoms with van der Waals surface area (Å²) in [5.41, 5.74) is 11.0. The Morgan fingerprint density at radius 3 is 2.64 bits per heavy atom. The van der Waals surface area contributed by atoms with Gasteiger partial charge in [-0.25, -0.2) is 4.98 Å². The number of carbonyl (C=O) groups is 1. The van der Waals surface area contributed by atoms with Crippen LogP contribution in [-0.4, -0.2) is 50.4 Å². The first-order valence-electron chi connectivity index (χ1n) is 14.5. The minimum absolute atomic E-state index is 0.0875. The number of carboxylic acid groups (broad SMARTS) is 1. The lowest BCUT2D eigenvalue weighted by molar-refractivity contribution is -0.140. The van der Waals surface area contributed by atoms with Crippen molar-refractivity contribution >= 4 is 34.6 Å². The van der Waals surface area contributed by atoms with Crippen molar-refractivity contribution in [3.8, 4) is 23.3 Å². The molecule has 0 spiro atoms. The first-order chi connectivity index (χ1) is 21.1. The van der Waals surface area contributed by atoms with E-state index >= 15 is 0 Å². The molecule has 10 nitrogen and oxygen atoms in total. The Balaban J connectivity index is 1.36. The molecule has 0 aliphatic rings. The van der Waals surface area contributed by atoms with Crippen molar-refractivity contribution in [2.45, 2.75) is 66.1 Å². The van der Waals surface area contributed by atoms with E-state index in [9.17, 15) is 9.90 Å². The molecule has 1 atom stereocenters. The lowest BCUT2D eigenvalue weighted by Gasteiger charge is -2.16. The number of rotatable bonds is 13. The smallest absolute Gasteiger partial charge is 0.320 e. The topological polar surface area (TPSA) is 137 Å². The Hall–Kier alpha value is -4.33. The fourth-order valence-corrected chi connectivity index (χ4v) is 5.23. The van der Waals surface area contributed by atoms with Gasteiger partial charge in [-0.05, 0) is 50.3 Å². The van der Waals surface area contributed by atoms with Crippen LogP contribution in [-0.2, 0) is 17.9 Å². The van der Waals surface area contributed by atoms with Gasteiger partial charge in [-0.1, -0.05) is 49.4 Å². The average Bonchev–Trinajstić information content (AvgIpc) is 3.32. The van der Waals surface area contributed by atoms with Crippen LogP contribution in [0.5, 0.6) is 11.5 Å². The minimum atomic E-state index is -0.829. The highest BCUT2D eigenvalue weighted by Gasteiger charge is 2.19. The van der Waals surface area contributed by atoms with E-state index in [1.165, 1.54) is 0 Å². The van der Waals surface area contributed by atoms with Gasteiger partial charge in [0.1, 0.15) is 28.3 Å². The number of nitrogens with two attached hydrogens (primary N) is 1. The highest BCUT2D eigenvalue weighted by atomic mass is 35.5. The van der Waals surface area contributed by atoms with Gasteiger partial charge in [-0.3, -0.25) is 9.78 Å². The SMILES string of the molecule is COc1c(C)cnc(Cn2cc(C#CCCCOc3ccc(CN[C@@H](CC(C)C)C(=O)O)cc3)c3c(Cl)nc(N)nc32)c1C. The molecule has 44 heavy (non-hydrogen) atoms. The van der Waals surface area contributed by atoms with Crippen LogP contribution < -0.4 is 20.5 Å². The summed E-state index contributed by atoms with van der Waals surface area (Å²) in [4.78, 5) is 24.7. The van der Waals surface area contributed by atoms with Gasteiger partial charge in [0.2, 0.25) is 5.95 Å². The highest BCUT2D eigenvalue weighted by molar-refractivity contribution is 6.34. The number of hydrogen-bond donors (Lipinski definition) is 3. The summed E-state index contributed by atoms with van der Waals surface area (Å²) in [6.07, 6.45) is 5.62. The molecule has 0 unspecified atom stereocenters. The van der Waals surface area contributed by atoms with Crippen LogP contribution in [0.25, 0.3) is 11.0 Å². The molecule has 4 N–H and O–H groups in total. The van der Waals surface area contributed by atoms with E-state index < -0.39 is 12.0 Å². The molecule has 4 rings (SSSR count). The van der Waals surface area contributed by atoms with E-state index in [0.29, 0.717) is 55.1 Å². The predicted molar refractivity (Wildman–Crippen MR) is 172 cm³/mol. The number of fused-ring (bicyclic) bond motifs is 1. The second-order valence-electron chi connectivity index (χ2n) is 11.1. The second kappa shape index (κ2) is 14.9. The summed E-state index contributed by atoms with van der Waals surface area (Å²) in [7, 11) is 1.65. The molecule has 1 aromatic carbocycles. The van der Waals surface area contributed by atoms with Gasteiger partial charge in [-0.2, -0.15) is 4.98 Å². The number of nitrogen functional groups attached to an aromatic ring is 1. The second-order valence-corrected chi connectivity index (χ2v) is 11.4. The Kier molecular flexibility index (Phi) is 11.0. The lowest BCUT2D eigenvalue weighted by atomic mass is 10.0. The van der Waals surface area contributed by atoms with Crippen molar-refractivity contribution in [2.75, 3.05) is 19.5 Å². The van der Waals surface area contributed by atoms with Crippen molar-refractivity contribution in [1.29, 1.82) is 0 Å². The zero-order valence-electron chi connectivity index (χ0n) is 25.8. The molecule has 3 aromatic heterocycles. The zero-order valence-corrected chi connectivity index (χ0v) is 26.5. The van der Waals surface area contributed by atoms with Crippen molar-refractivity contribution in [2.24, 2.45) is 5.92 Å². The van der Waals surface area contributed by atoms with Gasteiger partial charge in [0.25, 0.3) is 0 Å². The number of carboxylic acids is 1. The Labute approximate surface area is 263 Å². The monoisotopic (exact) mass is 618 g/mol. The fraction of sp³-hybridized carbons (Fsp3) is 0.394. The van der Waals surface area contributed by atoms with Crippen molar-refractivity contribution in [3.63, 3.8) is 0 Å². The molecule has 0 fully saturated rings. The number of methoxy groups -OCH3 is 1. The molecule has 11 heteroatoms. The van der Waals surface area contributed by atoms with Gasteiger partial charge in [-0.15, -0.1) is 0 Å². The molecule has 0 saturated carbocycles. The van der Waals surface area contributed by atoms with E-state index in [1.807, 2.05) is 62.7 Å². The van der Waals surface area contributed by atoms with Gasteiger partial charge in [0, 0.05) is 36.5 Å². The first kappa shape index (κ1) is 32.6. The summed E-state index contributed by atoms with van der Waals surface area (Å²) < 4.78 is 13.4. The van der Waals surface area contributed by atoms with Crippen LogP contribution in [0.15, 0.2) is 36.7 Å². The van der Waals surface area contributed by atoms with Crippen LogP contribution in [0.3, 0.4) is 0 Å². The number of nitrogens with one attached hydrogen (secondary N) is 1. The maximum absolute atomic E-state index is 11.5. The number of unbranched alkanes of at least 4 members (excludes halogenated alkanes) is 1. The van der Waals surface area contributed by atoms with Crippen LogP contribution in [0.4, 0.5) is 5.95 Å². The fourth-order valence-electron chi connectivity index (χ4n) is 4.96. The van der Waals surface area contributed by atoms with E-state index in [4.69, 9.17) is 26.8 Å². The van der Waals surface area contributed by atoms with Crippen LogP contribution >= 0.6 is 11.6 Å². The number of aromatic nitrogens is 4. The van der Waals surface area contributed by atoms with E-state index in [1.54, 1.807) is 13.3 Å². The predicted octanol–water partition coefficient (Wildman–Crippen LogP) is 5.54. The Morgan fingerprint density at radius 2 is 1.95 bits per heavy atom. The van der Waals surface area contributed by atoms with Crippen LogP contribution in [0.1, 0.15) is 61.1 Å². The maximum Gasteiger partial charge on any atom is 0.320 e. The lowest BCUT2D eigenvalue weighted by Crippen LogP contribution is -2.37. The molecule has 4 aromatic rings. The Bertz CT molecular complexity index is 1670. The maximum atomic E-state index is 11.5. The molecule has 0 aliphatic carbocycles. The third-order valence-corrected chi connectivity index (χ3v) is 7.45. The van der Waals surface area contributed by atoms with Gasteiger partial charge >= 0.3 is 5.97 Å². The number of anilines is 1. The number of halogens is 1. The van der Waals surface area contributed by atoms with Crippen LogP contribution in [0, 0.1) is 31.6 Å². The third-order valence-electron chi connectivity index (χ3n) is 7.18. The van der Waals surface area contributed by atoms with Crippen molar-refractivity contribution in [1.82, 2.24) is 24.8 Å². The quantitative estimate of drug-likeness (QED) is 0.100. The minimum Gasteiger partial charge on any atom is -0.496 e. The molecule has 0 radical (unpaired) electrons. The number of aliphatic carboxylic acids is 1. The first-order valence-corrected chi connectivity index (χ1v) is 14.9. The van der Waals surface area contributed by atoms with Crippen molar-refractivity contribution in [3.05, 3.63) is 69.8 Å². The standard InChI is InChI=1S/C33H39ClN6O4/c1-20(2)15-26(32(41)42)37-17-23-10-12-25(13-11-23)44-14-8-6-7-9-24-18-40(31-28(24)30(34)38-33(35)39-31)19-27-22(4)29(43-5)21(3)16-36-27/h10-13,16,18,20,26,37H,6,8,14-15,17,19H2,1-5H3,(H,41,42)(H2,35,38,39)/t26-/m0/s1. The van der Waals surface area contributed by atoms with E-state index in [2.05, 4.69) is 32.1 Å². The normalized spacial score (nSPS) is 11.8. The van der Waals surface area contributed by atoms with Gasteiger partial charge in [0.15, 0.2) is 0 Å². The summed E-state index contributed by atoms with van der Waals surface area (Å²) in [5.74, 6) is 7.55. The van der Waals surface area contributed by atoms with Gasteiger partial charge < -0.3 is 30.2 Å². The average molecular weight is 619 g/mol. The largest absolute Gasteiger partial charge is 0.496 e. The highest BCUT2D eigenvalue weighted by Crippen LogP contribution is 2.29. The number of aryl methyl sites for hydroxylation is 1.